The second kappa shape index (κ2) is 6.30. The van der Waals surface area contributed by atoms with E-state index in [2.05, 4.69) is 21.0 Å². The van der Waals surface area contributed by atoms with Crippen molar-refractivity contribution in [1.82, 2.24) is 20.4 Å². The van der Waals surface area contributed by atoms with Crippen LogP contribution in [0.2, 0.25) is 0 Å². The van der Waals surface area contributed by atoms with Crippen LogP contribution in [0.25, 0.3) is 5.69 Å². The highest BCUT2D eigenvalue weighted by Gasteiger charge is 2.23. The van der Waals surface area contributed by atoms with Gasteiger partial charge in [-0.2, -0.15) is 0 Å². The molecule has 3 amide bonds. The van der Waals surface area contributed by atoms with Crippen molar-refractivity contribution in [1.29, 1.82) is 0 Å². The van der Waals surface area contributed by atoms with Crippen molar-refractivity contribution >= 4 is 17.8 Å². The Balaban J connectivity index is 1.60. The highest BCUT2D eigenvalue weighted by Crippen LogP contribution is 2.10. The molecule has 2 heterocycles. The number of hydrogen-bond donors (Lipinski definition) is 3. The minimum atomic E-state index is -0.482. The zero-order valence-corrected chi connectivity index (χ0v) is 12.0. The number of urea groups is 1. The van der Waals surface area contributed by atoms with E-state index >= 15 is 0 Å². The van der Waals surface area contributed by atoms with Gasteiger partial charge in [0.2, 0.25) is 5.91 Å². The molecule has 7 nitrogen and oxygen atoms in total. The predicted molar refractivity (Wildman–Crippen MR) is 81.8 cm³/mol. The molecule has 1 atom stereocenters. The van der Waals surface area contributed by atoms with Crippen molar-refractivity contribution in [2.24, 2.45) is 0 Å². The largest absolute Gasteiger partial charge is 0.354 e. The number of aromatic nitrogens is 2. The molecule has 0 bridgehead atoms. The van der Waals surface area contributed by atoms with Crippen LogP contribution in [0.1, 0.15) is 12.8 Å². The van der Waals surface area contributed by atoms with E-state index in [9.17, 15) is 9.59 Å². The van der Waals surface area contributed by atoms with E-state index in [-0.39, 0.29) is 5.91 Å². The third-order valence-corrected chi connectivity index (χ3v) is 3.44. The summed E-state index contributed by atoms with van der Waals surface area (Å²) in [6.07, 6.45) is 3.27. The number of nitrogens with zero attached hydrogens (tertiary/aromatic N) is 2. The molecule has 1 aliphatic heterocycles. The van der Waals surface area contributed by atoms with Gasteiger partial charge in [-0.05, 0) is 25.0 Å². The first-order chi connectivity index (χ1) is 10.7. The van der Waals surface area contributed by atoms with E-state index in [1.807, 2.05) is 30.3 Å². The summed E-state index contributed by atoms with van der Waals surface area (Å²) in [4.78, 5) is 23.5. The summed E-state index contributed by atoms with van der Waals surface area (Å²) < 4.78 is 1.67. The minimum absolute atomic E-state index is 0.142. The molecular weight excluding hydrogens is 282 g/mol. The molecule has 22 heavy (non-hydrogen) atoms. The number of benzene rings is 1. The number of piperidine rings is 1. The monoisotopic (exact) mass is 299 g/mol. The fraction of sp³-hybridized carbons (Fsp3) is 0.267. The Morgan fingerprint density at radius 2 is 2.09 bits per heavy atom. The van der Waals surface area contributed by atoms with Gasteiger partial charge < -0.3 is 10.6 Å². The van der Waals surface area contributed by atoms with Crippen LogP contribution in [0.3, 0.4) is 0 Å². The summed E-state index contributed by atoms with van der Waals surface area (Å²) >= 11 is 0. The lowest BCUT2D eigenvalue weighted by Gasteiger charge is -2.22. The first-order valence-electron chi connectivity index (χ1n) is 7.19. The molecule has 1 aromatic heterocycles. The molecule has 1 aliphatic rings. The maximum absolute atomic E-state index is 11.9. The summed E-state index contributed by atoms with van der Waals surface area (Å²) in [7, 11) is 0. The molecule has 2 aromatic rings. The maximum Gasteiger partial charge on any atom is 0.321 e. The Kier molecular flexibility index (Phi) is 4.04. The fourth-order valence-corrected chi connectivity index (χ4v) is 2.34. The van der Waals surface area contributed by atoms with Crippen molar-refractivity contribution in [2.75, 3.05) is 11.9 Å². The predicted octanol–water partition coefficient (Wildman–Crippen LogP) is 1.27. The zero-order valence-electron chi connectivity index (χ0n) is 12.0. The van der Waals surface area contributed by atoms with Crippen LogP contribution >= 0.6 is 0 Å². The molecule has 0 saturated carbocycles. The van der Waals surface area contributed by atoms with Crippen molar-refractivity contribution < 1.29 is 9.59 Å². The Morgan fingerprint density at radius 1 is 1.27 bits per heavy atom. The Hall–Kier alpha value is -2.83. The quantitative estimate of drug-likeness (QED) is 0.797. The molecular formula is C15H17N5O2. The van der Waals surface area contributed by atoms with E-state index in [4.69, 9.17) is 0 Å². The summed E-state index contributed by atoms with van der Waals surface area (Å²) in [5, 5.41) is 12.3. The lowest BCUT2D eigenvalue weighted by Crippen LogP contribution is -2.51. The van der Waals surface area contributed by atoms with Gasteiger partial charge in [-0.25, -0.2) is 9.48 Å². The van der Waals surface area contributed by atoms with Crippen LogP contribution in [0.15, 0.2) is 42.6 Å². The number of rotatable bonds is 3. The molecule has 7 heteroatoms. The lowest BCUT2D eigenvalue weighted by molar-refractivity contribution is -0.124. The van der Waals surface area contributed by atoms with E-state index in [0.29, 0.717) is 18.8 Å². The number of amides is 3. The van der Waals surface area contributed by atoms with Crippen molar-refractivity contribution in [3.63, 3.8) is 0 Å². The van der Waals surface area contributed by atoms with E-state index in [1.54, 1.807) is 16.9 Å². The molecule has 1 saturated heterocycles. The van der Waals surface area contributed by atoms with Gasteiger partial charge >= 0.3 is 6.03 Å². The van der Waals surface area contributed by atoms with Crippen molar-refractivity contribution in [3.05, 3.63) is 42.6 Å². The average molecular weight is 299 g/mol. The zero-order chi connectivity index (χ0) is 15.4. The molecule has 0 aliphatic carbocycles. The number of carbonyl (C=O) groups excluding carboxylic acids is 2. The first kappa shape index (κ1) is 14.1. The van der Waals surface area contributed by atoms with Gasteiger partial charge in [0, 0.05) is 18.8 Å². The molecule has 0 radical (unpaired) electrons. The second-order valence-corrected chi connectivity index (χ2v) is 5.07. The highest BCUT2D eigenvalue weighted by molar-refractivity contribution is 5.93. The number of anilines is 1. The summed E-state index contributed by atoms with van der Waals surface area (Å²) in [6.45, 7) is 0.667. The third kappa shape index (κ3) is 3.25. The van der Waals surface area contributed by atoms with Gasteiger partial charge in [0.1, 0.15) is 6.04 Å². The summed E-state index contributed by atoms with van der Waals surface area (Å²) in [6, 6.07) is 10.4. The van der Waals surface area contributed by atoms with E-state index < -0.39 is 12.1 Å². The number of nitrogens with one attached hydrogen (secondary N) is 3. The van der Waals surface area contributed by atoms with Crippen LogP contribution in [0.4, 0.5) is 10.6 Å². The van der Waals surface area contributed by atoms with Crippen LogP contribution in [0.5, 0.6) is 0 Å². The minimum Gasteiger partial charge on any atom is -0.354 e. The molecule has 3 rings (SSSR count). The van der Waals surface area contributed by atoms with Crippen molar-refractivity contribution in [3.8, 4) is 5.69 Å². The number of para-hydroxylation sites is 1. The summed E-state index contributed by atoms with van der Waals surface area (Å²) in [5.41, 5.74) is 0.905. The van der Waals surface area contributed by atoms with Gasteiger partial charge in [0.15, 0.2) is 5.82 Å². The molecule has 1 aromatic carbocycles. The first-order valence-corrected chi connectivity index (χ1v) is 7.19. The summed E-state index contributed by atoms with van der Waals surface area (Å²) in [5.74, 6) is 0.286. The standard InChI is InChI=1S/C15H17N5O2/c21-14-12(7-4-9-16-14)17-15(22)18-13-8-10-20(19-13)11-5-2-1-3-6-11/h1-3,5-6,8,10,12H,4,7,9H2,(H,16,21)(H2,17,18,19,22)/t12-/m1/s1. The SMILES string of the molecule is O=C(Nc1ccn(-c2ccccc2)n1)N[C@@H]1CCCNC1=O. The maximum atomic E-state index is 11.9. The smallest absolute Gasteiger partial charge is 0.321 e. The Labute approximate surface area is 127 Å². The van der Waals surface area contributed by atoms with E-state index in [1.165, 1.54) is 0 Å². The Bertz CT molecular complexity index is 668. The molecule has 114 valence electrons. The van der Waals surface area contributed by atoms with Gasteiger partial charge in [-0.1, -0.05) is 18.2 Å². The fourth-order valence-electron chi connectivity index (χ4n) is 2.34. The van der Waals surface area contributed by atoms with Gasteiger partial charge in [-0.15, -0.1) is 5.10 Å². The van der Waals surface area contributed by atoms with Gasteiger partial charge in [-0.3, -0.25) is 10.1 Å². The van der Waals surface area contributed by atoms with Gasteiger partial charge in [0.05, 0.1) is 5.69 Å². The molecule has 0 unspecified atom stereocenters. The molecule has 3 N–H and O–H groups in total. The van der Waals surface area contributed by atoms with Crippen LogP contribution in [-0.2, 0) is 4.79 Å². The normalized spacial score (nSPS) is 17.6. The average Bonchev–Trinajstić information content (AvgIpc) is 2.99. The second-order valence-electron chi connectivity index (χ2n) is 5.07. The number of hydrogen-bond acceptors (Lipinski definition) is 3. The van der Waals surface area contributed by atoms with Crippen LogP contribution < -0.4 is 16.0 Å². The Morgan fingerprint density at radius 3 is 2.86 bits per heavy atom. The van der Waals surface area contributed by atoms with Crippen LogP contribution in [0, 0.1) is 0 Å². The molecule has 0 spiro atoms. The third-order valence-electron chi connectivity index (χ3n) is 3.44. The van der Waals surface area contributed by atoms with Crippen LogP contribution in [-0.4, -0.2) is 34.3 Å². The van der Waals surface area contributed by atoms with Crippen molar-refractivity contribution in [2.45, 2.75) is 18.9 Å². The lowest BCUT2D eigenvalue weighted by atomic mass is 10.1. The number of carbonyl (C=O) groups is 2. The van der Waals surface area contributed by atoms with Gasteiger partial charge in [0.25, 0.3) is 0 Å². The van der Waals surface area contributed by atoms with E-state index in [0.717, 1.165) is 12.1 Å². The highest BCUT2D eigenvalue weighted by atomic mass is 16.2. The molecule has 1 fully saturated rings. The topological polar surface area (TPSA) is 88.1 Å².